The van der Waals surface area contributed by atoms with Crippen LogP contribution < -0.4 is 10.0 Å². The van der Waals surface area contributed by atoms with Crippen LogP contribution in [0, 0.1) is 13.8 Å². The van der Waals surface area contributed by atoms with Crippen molar-refractivity contribution in [1.82, 2.24) is 9.71 Å². The van der Waals surface area contributed by atoms with Gasteiger partial charge in [-0.05, 0) is 56.7 Å². The topological polar surface area (TPSA) is 88.2 Å². The van der Waals surface area contributed by atoms with E-state index in [4.69, 9.17) is 0 Å². The number of aryl methyl sites for hydroxylation is 2. The van der Waals surface area contributed by atoms with E-state index < -0.39 is 10.0 Å². The number of nitrogens with one attached hydrogen (secondary N) is 2. The number of aromatic nitrogens is 1. The Kier molecular flexibility index (Phi) is 5.69. The van der Waals surface area contributed by atoms with Crippen molar-refractivity contribution in [3.8, 4) is 0 Å². The summed E-state index contributed by atoms with van der Waals surface area (Å²) in [5.74, 6) is -0.278. The molecule has 6 nitrogen and oxygen atoms in total. The first-order valence-corrected chi connectivity index (χ1v) is 9.17. The number of carbonyl (C=O) groups is 1. The maximum Gasteiger partial charge on any atom is 0.257 e. The number of anilines is 1. The van der Waals surface area contributed by atoms with E-state index >= 15 is 0 Å². The van der Waals surface area contributed by atoms with Crippen LogP contribution in [-0.2, 0) is 10.0 Å². The Bertz CT molecular complexity index is 831. The molecule has 2 N–H and O–H groups in total. The third-order valence-corrected chi connectivity index (χ3v) is 4.91. The summed E-state index contributed by atoms with van der Waals surface area (Å²) in [6, 6.07) is 9.56. The molecule has 128 valence electrons. The normalized spacial score (nSPS) is 11.3. The molecule has 1 aromatic heterocycles. The lowest BCUT2D eigenvalue weighted by Gasteiger charge is -2.09. The monoisotopic (exact) mass is 347 g/mol. The molecular formula is C17H21N3O3S. The number of sulfonamides is 1. The standard InChI is InChI=1S/C17H21N3O3S/c1-4-11-18-24(22,23)15-8-6-14(7-9-15)20-17(21)16-10-5-12(2)19-13(16)3/h5-10,18H,4,11H2,1-3H3,(H,20,21). The molecule has 2 rings (SSSR count). The number of benzene rings is 1. The van der Waals surface area contributed by atoms with Crippen molar-refractivity contribution < 1.29 is 13.2 Å². The molecule has 0 aliphatic carbocycles. The summed E-state index contributed by atoms with van der Waals surface area (Å²) in [4.78, 5) is 16.7. The molecule has 1 amide bonds. The van der Waals surface area contributed by atoms with Crippen molar-refractivity contribution in [2.24, 2.45) is 0 Å². The number of rotatable bonds is 6. The molecule has 0 aliphatic heterocycles. The van der Waals surface area contributed by atoms with Crippen molar-refractivity contribution in [2.75, 3.05) is 11.9 Å². The van der Waals surface area contributed by atoms with E-state index in [1.165, 1.54) is 12.1 Å². The van der Waals surface area contributed by atoms with Gasteiger partial charge < -0.3 is 5.32 Å². The third kappa shape index (κ3) is 4.39. The van der Waals surface area contributed by atoms with Crippen LogP contribution in [0.15, 0.2) is 41.3 Å². The van der Waals surface area contributed by atoms with Crippen molar-refractivity contribution in [3.63, 3.8) is 0 Å². The van der Waals surface area contributed by atoms with Crippen molar-refractivity contribution in [1.29, 1.82) is 0 Å². The first-order chi connectivity index (χ1) is 11.3. The lowest BCUT2D eigenvalue weighted by Crippen LogP contribution is -2.24. The lowest BCUT2D eigenvalue weighted by atomic mass is 10.1. The Morgan fingerprint density at radius 3 is 2.33 bits per heavy atom. The summed E-state index contributed by atoms with van der Waals surface area (Å²) in [6.07, 6.45) is 0.720. The molecule has 0 fully saturated rings. The van der Waals surface area contributed by atoms with Gasteiger partial charge in [0.1, 0.15) is 0 Å². The molecule has 7 heteroatoms. The molecular weight excluding hydrogens is 326 g/mol. The largest absolute Gasteiger partial charge is 0.322 e. The first-order valence-electron chi connectivity index (χ1n) is 7.69. The zero-order chi connectivity index (χ0) is 17.7. The van der Waals surface area contributed by atoms with Gasteiger partial charge in [0.15, 0.2) is 0 Å². The van der Waals surface area contributed by atoms with Gasteiger partial charge in [-0.2, -0.15) is 0 Å². The number of hydrogen-bond donors (Lipinski definition) is 2. The number of carbonyl (C=O) groups excluding carboxylic acids is 1. The Hall–Kier alpha value is -2.25. The van der Waals surface area contributed by atoms with Gasteiger partial charge in [-0.15, -0.1) is 0 Å². The molecule has 0 saturated carbocycles. The van der Waals surface area contributed by atoms with Crippen LogP contribution in [0.4, 0.5) is 5.69 Å². The van der Waals surface area contributed by atoms with Crippen LogP contribution in [0.1, 0.15) is 35.1 Å². The Morgan fingerprint density at radius 1 is 1.08 bits per heavy atom. The van der Waals surface area contributed by atoms with Gasteiger partial charge in [-0.3, -0.25) is 9.78 Å². The SMILES string of the molecule is CCCNS(=O)(=O)c1ccc(NC(=O)c2ccc(C)nc2C)cc1. The quantitative estimate of drug-likeness (QED) is 0.841. The Balaban J connectivity index is 2.13. The van der Waals surface area contributed by atoms with Crippen LogP contribution in [0.3, 0.4) is 0 Å². The third-order valence-electron chi connectivity index (χ3n) is 3.43. The molecule has 0 bridgehead atoms. The zero-order valence-corrected chi connectivity index (χ0v) is 14.8. The van der Waals surface area contributed by atoms with E-state index in [0.29, 0.717) is 23.5 Å². The predicted octanol–water partition coefficient (Wildman–Crippen LogP) is 2.64. The van der Waals surface area contributed by atoms with E-state index in [-0.39, 0.29) is 10.8 Å². The average molecular weight is 347 g/mol. The number of pyridine rings is 1. The minimum atomic E-state index is -3.50. The van der Waals surface area contributed by atoms with Gasteiger partial charge in [-0.1, -0.05) is 6.92 Å². The first kappa shape index (κ1) is 18.1. The molecule has 1 heterocycles. The van der Waals surface area contributed by atoms with Crippen molar-refractivity contribution in [3.05, 3.63) is 53.3 Å². The van der Waals surface area contributed by atoms with E-state index in [2.05, 4.69) is 15.0 Å². The molecule has 0 radical (unpaired) electrons. The fraction of sp³-hybridized carbons (Fsp3) is 0.294. The summed E-state index contributed by atoms with van der Waals surface area (Å²) in [5.41, 5.74) is 2.50. The Morgan fingerprint density at radius 2 is 1.75 bits per heavy atom. The molecule has 0 spiro atoms. The lowest BCUT2D eigenvalue weighted by molar-refractivity contribution is 0.102. The van der Waals surface area contributed by atoms with Gasteiger partial charge in [0.2, 0.25) is 10.0 Å². The van der Waals surface area contributed by atoms with E-state index in [1.807, 2.05) is 13.8 Å². The second-order valence-electron chi connectivity index (χ2n) is 5.46. The highest BCUT2D eigenvalue weighted by atomic mass is 32.2. The van der Waals surface area contributed by atoms with Gasteiger partial charge in [-0.25, -0.2) is 13.1 Å². The van der Waals surface area contributed by atoms with Crippen molar-refractivity contribution >= 4 is 21.6 Å². The predicted molar refractivity (Wildman–Crippen MR) is 93.6 cm³/mol. The second-order valence-corrected chi connectivity index (χ2v) is 7.23. The smallest absolute Gasteiger partial charge is 0.257 e. The van der Waals surface area contributed by atoms with Gasteiger partial charge in [0, 0.05) is 17.9 Å². The second kappa shape index (κ2) is 7.55. The maximum absolute atomic E-state index is 12.3. The summed E-state index contributed by atoms with van der Waals surface area (Å²) in [5, 5.41) is 2.75. The molecule has 24 heavy (non-hydrogen) atoms. The fourth-order valence-electron chi connectivity index (χ4n) is 2.16. The zero-order valence-electron chi connectivity index (χ0n) is 14.0. The van der Waals surface area contributed by atoms with Crippen LogP contribution >= 0.6 is 0 Å². The molecule has 2 aromatic rings. The molecule has 0 aliphatic rings. The maximum atomic E-state index is 12.3. The number of amides is 1. The van der Waals surface area contributed by atoms with Crippen LogP contribution in [-0.4, -0.2) is 25.9 Å². The molecule has 1 aromatic carbocycles. The molecule has 0 saturated heterocycles. The van der Waals surface area contributed by atoms with Crippen LogP contribution in [0.5, 0.6) is 0 Å². The Labute approximate surface area is 142 Å². The van der Waals surface area contributed by atoms with E-state index in [9.17, 15) is 13.2 Å². The van der Waals surface area contributed by atoms with Crippen molar-refractivity contribution in [2.45, 2.75) is 32.1 Å². The molecule has 0 atom stereocenters. The van der Waals surface area contributed by atoms with Gasteiger partial charge in [0.05, 0.1) is 16.2 Å². The number of nitrogens with zero attached hydrogens (tertiary/aromatic N) is 1. The van der Waals surface area contributed by atoms with Gasteiger partial charge >= 0.3 is 0 Å². The summed E-state index contributed by atoms with van der Waals surface area (Å²) >= 11 is 0. The summed E-state index contributed by atoms with van der Waals surface area (Å²) < 4.78 is 26.5. The van der Waals surface area contributed by atoms with Crippen LogP contribution in [0.2, 0.25) is 0 Å². The minimum Gasteiger partial charge on any atom is -0.322 e. The molecule has 0 unspecified atom stereocenters. The van der Waals surface area contributed by atoms with Crippen LogP contribution in [0.25, 0.3) is 0 Å². The van der Waals surface area contributed by atoms with E-state index in [1.54, 1.807) is 31.2 Å². The van der Waals surface area contributed by atoms with Gasteiger partial charge in [0.25, 0.3) is 5.91 Å². The summed E-state index contributed by atoms with van der Waals surface area (Å²) in [7, 11) is -3.50. The van der Waals surface area contributed by atoms with E-state index in [0.717, 1.165) is 12.1 Å². The minimum absolute atomic E-state index is 0.169. The highest BCUT2D eigenvalue weighted by molar-refractivity contribution is 7.89. The highest BCUT2D eigenvalue weighted by Crippen LogP contribution is 2.16. The highest BCUT2D eigenvalue weighted by Gasteiger charge is 2.14. The summed E-state index contributed by atoms with van der Waals surface area (Å²) in [6.45, 7) is 5.92. The average Bonchev–Trinajstić information content (AvgIpc) is 2.53. The number of hydrogen-bond acceptors (Lipinski definition) is 4. The fourth-order valence-corrected chi connectivity index (χ4v) is 3.30.